The molecule has 1 aliphatic carbocycles. The second kappa shape index (κ2) is 7.89. The van der Waals surface area contributed by atoms with E-state index < -0.39 is 14.1 Å². The number of carbonyl (C=O) groups excluding carboxylic acids is 1. The fraction of sp³-hybridized carbons (Fsp3) is 0.955. The summed E-state index contributed by atoms with van der Waals surface area (Å²) in [4.78, 5) is 12.7. The van der Waals surface area contributed by atoms with Gasteiger partial charge in [0.15, 0.2) is 8.32 Å². The SMILES string of the molecule is CCCCCC[C@@H]1O[C@]23O[C@H]1CC[C@@H]2C(=O)CC[C@@H]3O[Si](C)(C)C(C)(C)C. The van der Waals surface area contributed by atoms with Crippen molar-refractivity contribution in [3.05, 3.63) is 0 Å². The lowest BCUT2D eigenvalue weighted by molar-refractivity contribution is -0.276. The number of ether oxygens (including phenoxy) is 2. The number of carbonyl (C=O) groups is 1. The van der Waals surface area contributed by atoms with E-state index in [-0.39, 0.29) is 29.3 Å². The van der Waals surface area contributed by atoms with Crippen LogP contribution in [0.3, 0.4) is 0 Å². The highest BCUT2D eigenvalue weighted by Gasteiger charge is 2.64. The van der Waals surface area contributed by atoms with Crippen LogP contribution >= 0.6 is 0 Å². The third kappa shape index (κ3) is 4.07. The summed E-state index contributed by atoms with van der Waals surface area (Å²) in [7, 11) is -1.96. The number of ketones is 1. The molecule has 5 atom stereocenters. The molecule has 1 spiro atoms. The van der Waals surface area contributed by atoms with Crippen LogP contribution < -0.4 is 0 Å². The first-order valence-corrected chi connectivity index (χ1v) is 14.1. The van der Waals surface area contributed by atoms with Gasteiger partial charge in [-0.3, -0.25) is 4.79 Å². The Morgan fingerprint density at radius 2 is 1.85 bits per heavy atom. The Morgan fingerprint density at radius 3 is 2.52 bits per heavy atom. The Kier molecular flexibility index (Phi) is 6.27. The maximum absolute atomic E-state index is 12.7. The molecule has 2 heterocycles. The molecule has 156 valence electrons. The largest absolute Gasteiger partial charge is 0.408 e. The molecule has 0 amide bonds. The van der Waals surface area contributed by atoms with Crippen LogP contribution in [0.25, 0.3) is 0 Å². The molecule has 3 fully saturated rings. The van der Waals surface area contributed by atoms with E-state index in [9.17, 15) is 4.79 Å². The molecule has 1 saturated carbocycles. The number of rotatable bonds is 7. The number of Topliss-reactive ketones (excluding diaryl/α,β-unsaturated/α-hetero) is 1. The Morgan fingerprint density at radius 1 is 1.11 bits per heavy atom. The molecule has 0 radical (unpaired) electrons. The van der Waals surface area contributed by atoms with Gasteiger partial charge in [-0.15, -0.1) is 0 Å². The second-order valence-corrected chi connectivity index (χ2v) is 15.1. The minimum atomic E-state index is -1.96. The van der Waals surface area contributed by atoms with Crippen LogP contribution in [-0.2, 0) is 18.7 Å². The molecule has 2 aliphatic heterocycles. The van der Waals surface area contributed by atoms with Crippen molar-refractivity contribution in [1.82, 2.24) is 0 Å². The fourth-order valence-corrected chi connectivity index (χ4v) is 6.04. The van der Waals surface area contributed by atoms with Crippen molar-refractivity contribution in [3.8, 4) is 0 Å². The minimum Gasteiger partial charge on any atom is -0.408 e. The minimum absolute atomic E-state index is 0.107. The highest BCUT2D eigenvalue weighted by atomic mass is 28.4. The third-order valence-electron chi connectivity index (χ3n) is 7.39. The van der Waals surface area contributed by atoms with E-state index in [0.717, 1.165) is 25.7 Å². The molecule has 0 aromatic carbocycles. The summed E-state index contributed by atoms with van der Waals surface area (Å²) >= 11 is 0. The molecule has 0 N–H and O–H groups in total. The molecular weight excluding hydrogens is 356 g/mol. The predicted molar refractivity (Wildman–Crippen MR) is 110 cm³/mol. The van der Waals surface area contributed by atoms with Gasteiger partial charge in [0.1, 0.15) is 11.9 Å². The van der Waals surface area contributed by atoms with Crippen LogP contribution in [0, 0.1) is 5.92 Å². The van der Waals surface area contributed by atoms with Crippen LogP contribution in [0.5, 0.6) is 0 Å². The zero-order valence-electron chi connectivity index (χ0n) is 18.3. The first-order chi connectivity index (χ1) is 12.6. The van der Waals surface area contributed by atoms with E-state index in [4.69, 9.17) is 13.9 Å². The zero-order chi connectivity index (χ0) is 19.9. The fourth-order valence-electron chi connectivity index (χ4n) is 4.69. The number of unbranched alkanes of at least 4 members (excludes halogenated alkanes) is 3. The summed E-state index contributed by atoms with van der Waals surface area (Å²) in [5, 5.41) is 0.132. The van der Waals surface area contributed by atoms with Crippen molar-refractivity contribution in [2.75, 3.05) is 0 Å². The van der Waals surface area contributed by atoms with Crippen molar-refractivity contribution < 1.29 is 18.7 Å². The lowest BCUT2D eigenvalue weighted by Crippen LogP contribution is -2.61. The van der Waals surface area contributed by atoms with Crippen LogP contribution in [-0.4, -0.2) is 38.2 Å². The smallest absolute Gasteiger partial charge is 0.204 e. The Bertz CT molecular complexity index is 541. The maximum atomic E-state index is 12.7. The lowest BCUT2D eigenvalue weighted by atomic mass is 9.76. The van der Waals surface area contributed by atoms with Gasteiger partial charge >= 0.3 is 0 Å². The summed E-state index contributed by atoms with van der Waals surface area (Å²) < 4.78 is 20.0. The molecular formula is C22H40O4Si. The number of hydrogen-bond donors (Lipinski definition) is 0. The third-order valence-corrected chi connectivity index (χ3v) is 11.9. The average Bonchev–Trinajstić information content (AvgIpc) is 2.85. The number of hydrogen-bond acceptors (Lipinski definition) is 4. The molecule has 3 aliphatic rings. The van der Waals surface area contributed by atoms with E-state index in [1.54, 1.807) is 0 Å². The van der Waals surface area contributed by atoms with Crippen LogP contribution in [0.2, 0.25) is 18.1 Å². The van der Waals surface area contributed by atoms with Gasteiger partial charge in [-0.1, -0.05) is 53.4 Å². The maximum Gasteiger partial charge on any atom is 0.204 e. The first kappa shape index (κ1) is 21.5. The molecule has 5 heteroatoms. The normalized spacial score (nSPS) is 36.7. The predicted octanol–water partition coefficient (Wildman–Crippen LogP) is 5.60. The topological polar surface area (TPSA) is 44.8 Å². The van der Waals surface area contributed by atoms with Crippen LogP contribution in [0.1, 0.15) is 85.5 Å². The summed E-state index contributed by atoms with van der Waals surface area (Å²) in [5.41, 5.74) is 0. The van der Waals surface area contributed by atoms with Gasteiger partial charge in [0, 0.05) is 6.42 Å². The Labute approximate surface area is 166 Å². The van der Waals surface area contributed by atoms with Gasteiger partial charge < -0.3 is 13.9 Å². The van der Waals surface area contributed by atoms with E-state index in [2.05, 4.69) is 40.8 Å². The molecule has 0 aromatic heterocycles. The van der Waals surface area contributed by atoms with E-state index in [1.807, 2.05) is 0 Å². The first-order valence-electron chi connectivity index (χ1n) is 11.2. The zero-order valence-corrected chi connectivity index (χ0v) is 19.3. The van der Waals surface area contributed by atoms with E-state index in [1.165, 1.54) is 25.7 Å². The van der Waals surface area contributed by atoms with Crippen molar-refractivity contribution >= 4 is 14.1 Å². The number of fused-ring (bicyclic) bond motifs is 1. The molecule has 27 heavy (non-hydrogen) atoms. The molecule has 0 unspecified atom stereocenters. The summed E-state index contributed by atoms with van der Waals surface area (Å²) in [5.74, 6) is -0.642. The van der Waals surface area contributed by atoms with Gasteiger partial charge in [0.25, 0.3) is 0 Å². The second-order valence-electron chi connectivity index (χ2n) is 10.4. The average molecular weight is 397 g/mol. The summed E-state index contributed by atoms with van der Waals surface area (Å²) in [6.07, 6.45) is 9.34. The standard InChI is InChI=1S/C22H40O4Si/c1-7-8-9-10-11-18-19-14-12-16-17(23)13-15-20(22(16,24-18)25-19)26-27(5,6)21(2,3)4/h16,18-20H,7-15H2,1-6H3/t16-,18+,19+,20+,22+/m1/s1. The quantitative estimate of drug-likeness (QED) is 0.415. The highest BCUT2D eigenvalue weighted by molar-refractivity contribution is 6.74. The van der Waals surface area contributed by atoms with Crippen molar-refractivity contribution in [1.29, 1.82) is 0 Å². The molecule has 4 nitrogen and oxygen atoms in total. The molecule has 0 aromatic rings. The Hall–Kier alpha value is -0.233. The van der Waals surface area contributed by atoms with Crippen molar-refractivity contribution in [2.24, 2.45) is 5.92 Å². The highest BCUT2D eigenvalue weighted by Crippen LogP contribution is 2.53. The van der Waals surface area contributed by atoms with E-state index >= 15 is 0 Å². The van der Waals surface area contributed by atoms with Gasteiger partial charge in [-0.25, -0.2) is 0 Å². The lowest BCUT2D eigenvalue weighted by Gasteiger charge is -2.50. The van der Waals surface area contributed by atoms with Crippen LogP contribution in [0.4, 0.5) is 0 Å². The molecule has 2 bridgehead atoms. The molecule has 2 saturated heterocycles. The summed E-state index contributed by atoms with van der Waals surface area (Å²) in [6.45, 7) is 13.6. The van der Waals surface area contributed by atoms with Crippen molar-refractivity contribution in [3.63, 3.8) is 0 Å². The van der Waals surface area contributed by atoms with Gasteiger partial charge in [-0.05, 0) is 43.8 Å². The van der Waals surface area contributed by atoms with Gasteiger partial charge in [0.05, 0.1) is 18.1 Å². The Balaban J connectivity index is 1.77. The monoisotopic (exact) mass is 396 g/mol. The van der Waals surface area contributed by atoms with Crippen LogP contribution in [0.15, 0.2) is 0 Å². The van der Waals surface area contributed by atoms with E-state index in [0.29, 0.717) is 12.2 Å². The molecule has 3 rings (SSSR count). The van der Waals surface area contributed by atoms with Gasteiger partial charge in [0.2, 0.25) is 5.79 Å². The van der Waals surface area contributed by atoms with Gasteiger partial charge in [-0.2, -0.15) is 0 Å². The summed E-state index contributed by atoms with van der Waals surface area (Å²) in [6, 6.07) is 0. The van der Waals surface area contributed by atoms with Crippen molar-refractivity contribution in [2.45, 2.75) is 128 Å².